The lowest BCUT2D eigenvalue weighted by molar-refractivity contribution is 0.846. The maximum atomic E-state index is 4.02. The van der Waals surface area contributed by atoms with Gasteiger partial charge in [0.1, 0.15) is 0 Å². The van der Waals surface area contributed by atoms with Gasteiger partial charge < -0.3 is 5.32 Å². The molecule has 0 radical (unpaired) electrons. The molecule has 0 aromatic carbocycles. The Morgan fingerprint density at radius 3 is 2.83 bits per heavy atom. The molecule has 0 aromatic rings. The van der Waals surface area contributed by atoms with Crippen LogP contribution in [-0.2, 0) is 0 Å². The molecule has 0 bridgehead atoms. The highest BCUT2D eigenvalue weighted by Gasteiger charge is 2.24. The minimum Gasteiger partial charge on any atom is -0.359 e. The molecule has 2 aliphatic carbocycles. The van der Waals surface area contributed by atoms with Crippen LogP contribution in [-0.4, -0.2) is 0 Å². The normalized spacial score (nSPS) is 21.8. The molecule has 0 unspecified atom stereocenters. The van der Waals surface area contributed by atoms with Gasteiger partial charge in [0.2, 0.25) is 0 Å². The summed E-state index contributed by atoms with van der Waals surface area (Å²) in [6.07, 6.45) is 11.6. The van der Waals surface area contributed by atoms with Crippen molar-refractivity contribution in [1.82, 2.24) is 5.32 Å². The fourth-order valence-corrected chi connectivity index (χ4v) is 1.43. The monoisotopic (exact) mass is 161 g/mol. The molecule has 0 aromatic heterocycles. The summed E-state index contributed by atoms with van der Waals surface area (Å²) < 4.78 is 0. The zero-order chi connectivity index (χ0) is 8.39. The van der Waals surface area contributed by atoms with Gasteiger partial charge in [-0.15, -0.1) is 0 Å². The maximum absolute atomic E-state index is 4.02. The average molecular weight is 161 g/mol. The molecule has 0 amide bonds. The largest absolute Gasteiger partial charge is 0.359 e. The van der Waals surface area contributed by atoms with Crippen LogP contribution in [0, 0.1) is 5.92 Å². The zero-order valence-electron chi connectivity index (χ0n) is 7.34. The molecule has 0 atom stereocenters. The second-order valence-corrected chi connectivity index (χ2v) is 3.56. The van der Waals surface area contributed by atoms with Crippen molar-refractivity contribution < 1.29 is 0 Å². The molecule has 0 spiro atoms. The smallest absolute Gasteiger partial charge is 0.0338 e. The highest BCUT2D eigenvalue weighted by molar-refractivity contribution is 5.25. The summed E-state index contributed by atoms with van der Waals surface area (Å²) in [7, 11) is 0. The van der Waals surface area contributed by atoms with Gasteiger partial charge in [0.05, 0.1) is 0 Å². The Kier molecular flexibility index (Phi) is 2.03. The highest BCUT2D eigenvalue weighted by atomic mass is 14.9. The van der Waals surface area contributed by atoms with Gasteiger partial charge in [-0.2, -0.15) is 0 Å². The topological polar surface area (TPSA) is 12.0 Å². The Bertz CT molecular complexity index is 244. The summed E-state index contributed by atoms with van der Waals surface area (Å²) in [5.74, 6) is 0.751. The number of hydrogen-bond acceptors (Lipinski definition) is 1. The highest BCUT2D eigenvalue weighted by Crippen LogP contribution is 2.34. The van der Waals surface area contributed by atoms with E-state index in [0.29, 0.717) is 0 Å². The molecule has 1 nitrogen and oxygen atoms in total. The minimum atomic E-state index is 0.751. The molecule has 0 aliphatic heterocycles. The minimum absolute atomic E-state index is 0.751. The number of rotatable bonds is 3. The van der Waals surface area contributed by atoms with Crippen LogP contribution in [0.4, 0.5) is 0 Å². The van der Waals surface area contributed by atoms with Gasteiger partial charge in [0.15, 0.2) is 0 Å². The second kappa shape index (κ2) is 3.18. The van der Waals surface area contributed by atoms with E-state index in [9.17, 15) is 0 Å². The molecule has 1 heteroatoms. The van der Waals surface area contributed by atoms with Crippen LogP contribution in [0.1, 0.15) is 25.7 Å². The van der Waals surface area contributed by atoms with Gasteiger partial charge in [0, 0.05) is 11.4 Å². The van der Waals surface area contributed by atoms with Crippen molar-refractivity contribution in [1.29, 1.82) is 0 Å². The average Bonchev–Trinajstić information content (AvgIpc) is 2.88. The summed E-state index contributed by atoms with van der Waals surface area (Å²) in [5, 5.41) is 3.36. The third-order valence-electron chi connectivity index (χ3n) is 2.37. The van der Waals surface area contributed by atoms with Crippen LogP contribution in [0.15, 0.2) is 36.2 Å². The van der Waals surface area contributed by atoms with E-state index in [2.05, 4.69) is 30.1 Å². The summed E-state index contributed by atoms with van der Waals surface area (Å²) in [6.45, 7) is 4.02. The number of nitrogens with one attached hydrogen (secondary N) is 1. The van der Waals surface area contributed by atoms with E-state index in [-0.39, 0.29) is 0 Å². The van der Waals surface area contributed by atoms with Crippen LogP contribution < -0.4 is 5.32 Å². The molecule has 0 heterocycles. The van der Waals surface area contributed by atoms with E-state index >= 15 is 0 Å². The molecular formula is C11H15N. The van der Waals surface area contributed by atoms with E-state index < -0.39 is 0 Å². The van der Waals surface area contributed by atoms with Crippen molar-refractivity contribution in [2.45, 2.75) is 25.7 Å². The first kappa shape index (κ1) is 7.66. The third-order valence-corrected chi connectivity index (χ3v) is 2.37. The van der Waals surface area contributed by atoms with Crippen molar-refractivity contribution in [2.75, 3.05) is 0 Å². The van der Waals surface area contributed by atoms with E-state index in [1.54, 1.807) is 0 Å². The van der Waals surface area contributed by atoms with Gasteiger partial charge in [-0.05, 0) is 37.7 Å². The van der Waals surface area contributed by atoms with E-state index in [1.807, 2.05) is 0 Å². The standard InChI is InChI=1S/C11H15N/c1-9(10-7-8-10)12-11-5-3-2-4-6-11/h3,5-6,10,12H,1-2,4,7-8H2. The number of hydrogen-bond donors (Lipinski definition) is 1. The van der Waals surface area contributed by atoms with Crippen molar-refractivity contribution in [3.63, 3.8) is 0 Å². The lowest BCUT2D eigenvalue weighted by Gasteiger charge is -2.11. The summed E-state index contributed by atoms with van der Waals surface area (Å²) >= 11 is 0. The van der Waals surface area contributed by atoms with Gasteiger partial charge >= 0.3 is 0 Å². The fraction of sp³-hybridized carbons (Fsp3) is 0.455. The van der Waals surface area contributed by atoms with Crippen LogP contribution >= 0.6 is 0 Å². The fourth-order valence-electron chi connectivity index (χ4n) is 1.43. The second-order valence-electron chi connectivity index (χ2n) is 3.56. The SMILES string of the molecule is C=C(NC1=CCCC=C1)C1CC1. The Morgan fingerprint density at radius 1 is 1.42 bits per heavy atom. The summed E-state index contributed by atoms with van der Waals surface area (Å²) in [5.41, 5.74) is 2.44. The Morgan fingerprint density at radius 2 is 2.25 bits per heavy atom. The molecule has 12 heavy (non-hydrogen) atoms. The van der Waals surface area contributed by atoms with E-state index in [0.717, 1.165) is 12.3 Å². The lowest BCUT2D eigenvalue weighted by Crippen LogP contribution is -2.12. The summed E-state index contributed by atoms with van der Waals surface area (Å²) in [4.78, 5) is 0. The Labute approximate surface area is 73.9 Å². The first-order chi connectivity index (χ1) is 5.86. The number of allylic oxidation sites excluding steroid dienone is 4. The van der Waals surface area contributed by atoms with Crippen molar-refractivity contribution in [3.8, 4) is 0 Å². The van der Waals surface area contributed by atoms with Crippen LogP contribution in [0.3, 0.4) is 0 Å². The predicted octanol–water partition coefficient (Wildman–Crippen LogP) is 2.73. The van der Waals surface area contributed by atoms with Crippen LogP contribution in [0.25, 0.3) is 0 Å². The van der Waals surface area contributed by atoms with Gasteiger partial charge in [0.25, 0.3) is 0 Å². The molecule has 1 saturated carbocycles. The van der Waals surface area contributed by atoms with Crippen molar-refractivity contribution in [2.24, 2.45) is 5.92 Å². The van der Waals surface area contributed by atoms with E-state index in [1.165, 1.54) is 30.7 Å². The first-order valence-corrected chi connectivity index (χ1v) is 4.69. The van der Waals surface area contributed by atoms with Gasteiger partial charge in [-0.25, -0.2) is 0 Å². The molecule has 1 N–H and O–H groups in total. The van der Waals surface area contributed by atoms with Crippen LogP contribution in [0.2, 0.25) is 0 Å². The van der Waals surface area contributed by atoms with E-state index in [4.69, 9.17) is 0 Å². The molecule has 0 saturated heterocycles. The zero-order valence-corrected chi connectivity index (χ0v) is 7.34. The molecule has 1 fully saturated rings. The third kappa shape index (κ3) is 1.79. The Balaban J connectivity index is 1.88. The summed E-state index contributed by atoms with van der Waals surface area (Å²) in [6, 6.07) is 0. The molecular weight excluding hydrogens is 146 g/mol. The van der Waals surface area contributed by atoms with Gasteiger partial charge in [-0.1, -0.05) is 18.7 Å². The first-order valence-electron chi connectivity index (χ1n) is 4.69. The van der Waals surface area contributed by atoms with Crippen molar-refractivity contribution in [3.05, 3.63) is 36.2 Å². The predicted molar refractivity (Wildman–Crippen MR) is 51.5 cm³/mol. The maximum Gasteiger partial charge on any atom is 0.0338 e. The quantitative estimate of drug-likeness (QED) is 0.671. The van der Waals surface area contributed by atoms with Gasteiger partial charge in [-0.3, -0.25) is 0 Å². The molecule has 2 rings (SSSR count). The van der Waals surface area contributed by atoms with Crippen LogP contribution in [0.5, 0.6) is 0 Å². The molecule has 64 valence electrons. The molecule has 2 aliphatic rings. The lowest BCUT2D eigenvalue weighted by atomic mass is 10.1. The van der Waals surface area contributed by atoms with Crippen molar-refractivity contribution >= 4 is 0 Å². The Hall–Kier alpha value is -0.980.